The molecule has 0 spiro atoms. The second-order valence-electron chi connectivity index (χ2n) is 5.77. The average Bonchev–Trinajstić information content (AvgIpc) is 3.11. The highest BCUT2D eigenvalue weighted by atomic mass is 16.5. The molecule has 1 atom stereocenters. The standard InChI is InChI=1S/C16H22N4O3/c1-22-13-5-2-3-6-14(13)23-10-9-20-8-4-7-16(21,12-20)15-11-17-19-18-15/h2-3,5-6,11,21H,4,7-10,12H2,1H3,(H,17,18,19). The molecule has 0 saturated carbocycles. The van der Waals surface area contributed by atoms with Crippen LogP contribution >= 0.6 is 0 Å². The lowest BCUT2D eigenvalue weighted by molar-refractivity contribution is -0.0413. The summed E-state index contributed by atoms with van der Waals surface area (Å²) in [6, 6.07) is 7.59. The van der Waals surface area contributed by atoms with E-state index in [4.69, 9.17) is 9.47 Å². The third-order valence-corrected chi connectivity index (χ3v) is 4.18. The van der Waals surface area contributed by atoms with Gasteiger partial charge in [-0.3, -0.25) is 4.90 Å². The first-order chi connectivity index (χ1) is 11.2. The van der Waals surface area contributed by atoms with Crippen molar-refractivity contribution in [3.05, 3.63) is 36.2 Å². The van der Waals surface area contributed by atoms with Gasteiger partial charge in [0.05, 0.1) is 13.3 Å². The van der Waals surface area contributed by atoms with Crippen LogP contribution in [0.4, 0.5) is 0 Å². The quantitative estimate of drug-likeness (QED) is 0.832. The highest BCUT2D eigenvalue weighted by molar-refractivity contribution is 5.39. The summed E-state index contributed by atoms with van der Waals surface area (Å²) in [6.07, 6.45) is 3.20. The highest BCUT2D eigenvalue weighted by Gasteiger charge is 2.36. The monoisotopic (exact) mass is 318 g/mol. The highest BCUT2D eigenvalue weighted by Crippen LogP contribution is 2.30. The Morgan fingerprint density at radius 2 is 2.17 bits per heavy atom. The molecule has 0 radical (unpaired) electrons. The largest absolute Gasteiger partial charge is 0.493 e. The normalized spacial score (nSPS) is 22.0. The van der Waals surface area contributed by atoms with Crippen LogP contribution in [-0.2, 0) is 5.60 Å². The molecule has 1 aliphatic rings. The number of hydrogen-bond acceptors (Lipinski definition) is 6. The molecule has 2 aromatic rings. The summed E-state index contributed by atoms with van der Waals surface area (Å²) in [5.74, 6) is 1.46. The summed E-state index contributed by atoms with van der Waals surface area (Å²) < 4.78 is 11.1. The number of benzene rings is 1. The lowest BCUT2D eigenvalue weighted by atomic mass is 9.90. The van der Waals surface area contributed by atoms with Gasteiger partial charge in [-0.15, -0.1) is 0 Å². The van der Waals surface area contributed by atoms with Crippen molar-refractivity contribution in [1.82, 2.24) is 20.3 Å². The van der Waals surface area contributed by atoms with E-state index < -0.39 is 5.60 Å². The van der Waals surface area contributed by atoms with Gasteiger partial charge in [-0.05, 0) is 31.5 Å². The second-order valence-corrected chi connectivity index (χ2v) is 5.77. The molecule has 1 fully saturated rings. The fraction of sp³-hybridized carbons (Fsp3) is 0.500. The van der Waals surface area contributed by atoms with Crippen molar-refractivity contribution in [1.29, 1.82) is 0 Å². The number of hydrogen-bond donors (Lipinski definition) is 2. The van der Waals surface area contributed by atoms with Crippen molar-refractivity contribution in [2.75, 3.05) is 33.4 Å². The summed E-state index contributed by atoms with van der Waals surface area (Å²) >= 11 is 0. The molecular weight excluding hydrogens is 296 g/mol. The van der Waals surface area contributed by atoms with Crippen molar-refractivity contribution < 1.29 is 14.6 Å². The Hall–Kier alpha value is -2.12. The van der Waals surface area contributed by atoms with Gasteiger partial charge in [-0.2, -0.15) is 15.4 Å². The Morgan fingerprint density at radius 1 is 1.35 bits per heavy atom. The molecule has 0 aliphatic carbocycles. The fourth-order valence-electron chi connectivity index (χ4n) is 2.97. The van der Waals surface area contributed by atoms with Crippen molar-refractivity contribution >= 4 is 0 Å². The van der Waals surface area contributed by atoms with Crippen molar-refractivity contribution in [2.24, 2.45) is 0 Å². The van der Waals surface area contributed by atoms with E-state index in [1.165, 1.54) is 0 Å². The van der Waals surface area contributed by atoms with Crippen LogP contribution in [0.3, 0.4) is 0 Å². The van der Waals surface area contributed by atoms with Crippen LogP contribution in [0.15, 0.2) is 30.5 Å². The fourth-order valence-corrected chi connectivity index (χ4v) is 2.97. The number of nitrogens with one attached hydrogen (secondary N) is 1. The Morgan fingerprint density at radius 3 is 2.91 bits per heavy atom. The van der Waals surface area contributed by atoms with E-state index in [9.17, 15) is 5.11 Å². The lowest BCUT2D eigenvalue weighted by Gasteiger charge is -2.37. The van der Waals surface area contributed by atoms with Gasteiger partial charge < -0.3 is 14.6 Å². The molecular formula is C16H22N4O3. The zero-order chi connectivity index (χ0) is 16.1. The molecule has 2 heterocycles. The molecule has 124 valence electrons. The van der Waals surface area contributed by atoms with E-state index >= 15 is 0 Å². The maximum atomic E-state index is 10.8. The molecule has 0 bridgehead atoms. The van der Waals surface area contributed by atoms with Crippen molar-refractivity contribution in [3.8, 4) is 11.5 Å². The van der Waals surface area contributed by atoms with Crippen LogP contribution in [0.2, 0.25) is 0 Å². The number of rotatable bonds is 6. The number of likely N-dealkylation sites (tertiary alicyclic amines) is 1. The van der Waals surface area contributed by atoms with Gasteiger partial charge in [-0.1, -0.05) is 12.1 Å². The van der Waals surface area contributed by atoms with Gasteiger partial charge in [0.1, 0.15) is 17.9 Å². The van der Waals surface area contributed by atoms with Crippen LogP contribution < -0.4 is 9.47 Å². The number of H-pyrrole nitrogens is 1. The number of para-hydroxylation sites is 2. The zero-order valence-electron chi connectivity index (χ0n) is 13.2. The van der Waals surface area contributed by atoms with Gasteiger partial charge in [-0.25, -0.2) is 0 Å². The summed E-state index contributed by atoms with van der Waals surface area (Å²) in [4.78, 5) is 2.19. The molecule has 1 saturated heterocycles. The minimum atomic E-state index is -0.935. The van der Waals surface area contributed by atoms with E-state index in [2.05, 4.69) is 20.3 Å². The Bertz CT molecular complexity index is 620. The van der Waals surface area contributed by atoms with Crippen molar-refractivity contribution in [2.45, 2.75) is 18.4 Å². The minimum Gasteiger partial charge on any atom is -0.493 e. The summed E-state index contributed by atoms with van der Waals surface area (Å²) in [5, 5.41) is 21.2. The summed E-state index contributed by atoms with van der Waals surface area (Å²) in [5.41, 5.74) is -0.330. The molecule has 2 N–H and O–H groups in total. The molecule has 3 rings (SSSR count). The predicted octanol–water partition coefficient (Wildman–Crippen LogP) is 1.18. The van der Waals surface area contributed by atoms with E-state index in [-0.39, 0.29) is 0 Å². The Balaban J connectivity index is 1.54. The molecule has 7 heteroatoms. The first kappa shape index (κ1) is 15.8. The van der Waals surface area contributed by atoms with Crippen LogP contribution in [-0.4, -0.2) is 58.8 Å². The summed E-state index contributed by atoms with van der Waals surface area (Å²) in [6.45, 7) is 2.75. The van der Waals surface area contributed by atoms with Crippen LogP contribution in [0.1, 0.15) is 18.5 Å². The molecule has 23 heavy (non-hydrogen) atoms. The lowest BCUT2D eigenvalue weighted by Crippen LogP contribution is -2.47. The second kappa shape index (κ2) is 6.97. The predicted molar refractivity (Wildman–Crippen MR) is 84.4 cm³/mol. The first-order valence-electron chi connectivity index (χ1n) is 7.78. The summed E-state index contributed by atoms with van der Waals surface area (Å²) in [7, 11) is 1.63. The molecule has 1 aromatic carbocycles. The number of β-amino-alcohol motifs (C(OH)–C–C–N with tert-alkyl or cyclic N) is 1. The number of ether oxygens (including phenoxy) is 2. The van der Waals surface area contributed by atoms with E-state index in [1.807, 2.05) is 24.3 Å². The minimum absolute atomic E-state index is 0.537. The van der Waals surface area contributed by atoms with Crippen LogP contribution in [0.25, 0.3) is 0 Å². The van der Waals surface area contributed by atoms with Gasteiger partial charge in [0.25, 0.3) is 0 Å². The average molecular weight is 318 g/mol. The number of aliphatic hydroxyl groups is 1. The molecule has 7 nitrogen and oxygen atoms in total. The number of aromatic amines is 1. The van der Waals surface area contributed by atoms with Gasteiger partial charge >= 0.3 is 0 Å². The third-order valence-electron chi connectivity index (χ3n) is 4.18. The smallest absolute Gasteiger partial charge is 0.161 e. The zero-order valence-corrected chi connectivity index (χ0v) is 13.2. The third kappa shape index (κ3) is 3.62. The maximum Gasteiger partial charge on any atom is 0.161 e. The molecule has 1 aromatic heterocycles. The number of aromatic nitrogens is 3. The number of methoxy groups -OCH3 is 1. The van der Waals surface area contributed by atoms with Gasteiger partial charge in [0.15, 0.2) is 11.5 Å². The molecule has 0 amide bonds. The van der Waals surface area contributed by atoms with Gasteiger partial charge in [0.2, 0.25) is 0 Å². The number of nitrogens with zero attached hydrogens (tertiary/aromatic N) is 3. The van der Waals surface area contributed by atoms with Crippen LogP contribution in [0, 0.1) is 0 Å². The molecule has 1 aliphatic heterocycles. The SMILES string of the molecule is COc1ccccc1OCCN1CCCC(O)(c2cn[nH]n2)C1. The van der Waals surface area contributed by atoms with E-state index in [0.717, 1.165) is 31.0 Å². The van der Waals surface area contributed by atoms with E-state index in [0.29, 0.717) is 25.3 Å². The molecule has 1 unspecified atom stereocenters. The van der Waals surface area contributed by atoms with Crippen molar-refractivity contribution in [3.63, 3.8) is 0 Å². The maximum absolute atomic E-state index is 10.8. The Kier molecular flexibility index (Phi) is 4.78. The topological polar surface area (TPSA) is 83.5 Å². The van der Waals surface area contributed by atoms with Gasteiger partial charge in [0, 0.05) is 13.1 Å². The number of piperidine rings is 1. The Labute approximate surface area is 135 Å². The van der Waals surface area contributed by atoms with E-state index in [1.54, 1.807) is 13.3 Å². The van der Waals surface area contributed by atoms with Crippen LogP contribution in [0.5, 0.6) is 11.5 Å². The first-order valence-corrected chi connectivity index (χ1v) is 7.78.